The summed E-state index contributed by atoms with van der Waals surface area (Å²) in [5, 5.41) is 34.6. The molecule has 1 fully saturated rings. The number of alkyl halides is 1. The van der Waals surface area contributed by atoms with Crippen LogP contribution in [0.1, 0.15) is 25.6 Å². The third-order valence-corrected chi connectivity index (χ3v) is 4.74. The Bertz CT molecular complexity index is 942. The fraction of sp³-hybridized carbons (Fsp3) is 0.529. The number of aliphatic hydroxyl groups is 2. The summed E-state index contributed by atoms with van der Waals surface area (Å²) in [6.45, 7) is 1.04. The maximum atomic E-state index is 13.0. The van der Waals surface area contributed by atoms with Gasteiger partial charge in [0.05, 0.1) is 11.1 Å². The number of hydrogen-bond donors (Lipinski definition) is 3. The molecule has 2 aromatic heterocycles. The molecule has 3 rings (SSSR count). The lowest BCUT2D eigenvalue weighted by molar-refractivity contribution is -0.165. The van der Waals surface area contributed by atoms with E-state index in [0.717, 1.165) is 0 Å². The molecule has 0 saturated carbocycles. The predicted octanol–water partition coefficient (Wildman–Crippen LogP) is -0.0941. The van der Waals surface area contributed by atoms with Crippen LogP contribution in [0, 0.1) is 16.7 Å². The van der Waals surface area contributed by atoms with E-state index >= 15 is 0 Å². The number of nitrogens with zero attached hydrogens (tertiary/aromatic N) is 4. The van der Waals surface area contributed by atoms with E-state index in [2.05, 4.69) is 10.1 Å². The minimum atomic E-state index is -2.03. The van der Waals surface area contributed by atoms with Gasteiger partial charge in [-0.25, -0.2) is 13.9 Å². The number of ether oxygens (including phenoxy) is 2. The number of halogens is 1. The van der Waals surface area contributed by atoms with Crippen molar-refractivity contribution >= 4 is 17.3 Å². The van der Waals surface area contributed by atoms with Crippen LogP contribution in [0.2, 0.25) is 0 Å². The smallest absolute Gasteiger partial charge is 0.314 e. The molecule has 4 atom stereocenters. The first-order chi connectivity index (χ1) is 13.2. The van der Waals surface area contributed by atoms with E-state index in [4.69, 9.17) is 15.2 Å². The average molecular weight is 393 g/mol. The number of esters is 1. The Morgan fingerprint density at radius 1 is 1.54 bits per heavy atom. The molecule has 1 aliphatic rings. The minimum Gasteiger partial charge on any atom is -0.461 e. The normalized spacial score (nSPS) is 27.6. The standard InChI is InChI=1S/C17H20FN5O5/c1-16(2,5-18)15(26)27-7-17(6-19)13(25)11(24)12(28-17)9-3-4-10-14(20)21-8-22-23(9)10/h3-4,8,11-13,24-25H,5,7H2,1-2H3,(H2,20,21,22)/t11-,12-,13-,17+/m0/s1. The number of carbonyl (C=O) groups is 1. The Balaban J connectivity index is 1.88. The van der Waals surface area contributed by atoms with Crippen LogP contribution in [-0.2, 0) is 14.3 Å². The van der Waals surface area contributed by atoms with Gasteiger partial charge in [-0.05, 0) is 26.0 Å². The number of carbonyl (C=O) groups excluding carboxylic acids is 1. The molecule has 10 nitrogen and oxygen atoms in total. The van der Waals surface area contributed by atoms with Gasteiger partial charge in [0, 0.05) is 0 Å². The van der Waals surface area contributed by atoms with Crippen LogP contribution < -0.4 is 5.73 Å². The van der Waals surface area contributed by atoms with Crippen molar-refractivity contribution in [2.45, 2.75) is 37.8 Å². The fourth-order valence-electron chi connectivity index (χ4n) is 2.90. The summed E-state index contributed by atoms with van der Waals surface area (Å²) in [5.74, 6) is -0.699. The van der Waals surface area contributed by atoms with Crippen LogP contribution >= 0.6 is 0 Å². The highest BCUT2D eigenvalue weighted by Gasteiger charge is 2.57. The van der Waals surface area contributed by atoms with Crippen molar-refractivity contribution in [2.75, 3.05) is 19.0 Å². The van der Waals surface area contributed by atoms with Gasteiger partial charge in [0.25, 0.3) is 0 Å². The quantitative estimate of drug-likeness (QED) is 0.591. The van der Waals surface area contributed by atoms with Crippen molar-refractivity contribution < 1.29 is 28.9 Å². The number of aromatic nitrogens is 3. The number of hydrogen-bond acceptors (Lipinski definition) is 9. The van der Waals surface area contributed by atoms with Crippen LogP contribution in [-0.4, -0.2) is 61.9 Å². The average Bonchev–Trinajstić information content (AvgIpc) is 3.21. The third kappa shape index (κ3) is 3.05. The Kier molecular flexibility index (Phi) is 4.97. The van der Waals surface area contributed by atoms with E-state index in [0.29, 0.717) is 11.2 Å². The maximum absolute atomic E-state index is 13.0. The van der Waals surface area contributed by atoms with E-state index in [-0.39, 0.29) is 5.82 Å². The van der Waals surface area contributed by atoms with Crippen LogP contribution in [0.3, 0.4) is 0 Å². The van der Waals surface area contributed by atoms with Crippen molar-refractivity contribution in [1.29, 1.82) is 5.26 Å². The zero-order chi connectivity index (χ0) is 20.7. The van der Waals surface area contributed by atoms with E-state index in [9.17, 15) is 24.7 Å². The van der Waals surface area contributed by atoms with E-state index in [1.165, 1.54) is 24.7 Å². The summed E-state index contributed by atoms with van der Waals surface area (Å²) >= 11 is 0. The molecule has 2 aromatic rings. The molecule has 0 bridgehead atoms. The lowest BCUT2D eigenvalue weighted by Crippen LogP contribution is -2.47. The molecule has 0 aromatic carbocycles. The predicted molar refractivity (Wildman–Crippen MR) is 92.3 cm³/mol. The molecule has 0 aliphatic carbocycles. The van der Waals surface area contributed by atoms with Crippen LogP contribution in [0.5, 0.6) is 0 Å². The van der Waals surface area contributed by atoms with E-state index < -0.39 is 48.6 Å². The molecule has 0 radical (unpaired) electrons. The van der Waals surface area contributed by atoms with Crippen molar-refractivity contribution in [3.8, 4) is 6.07 Å². The molecule has 1 saturated heterocycles. The van der Waals surface area contributed by atoms with Gasteiger partial charge < -0.3 is 25.4 Å². The van der Waals surface area contributed by atoms with Crippen molar-refractivity contribution in [3.63, 3.8) is 0 Å². The number of nitrogens with two attached hydrogens (primary N) is 1. The summed E-state index contributed by atoms with van der Waals surface area (Å²) in [7, 11) is 0. The lowest BCUT2D eigenvalue weighted by atomic mass is 9.94. The van der Waals surface area contributed by atoms with Crippen LogP contribution in [0.4, 0.5) is 10.2 Å². The van der Waals surface area contributed by atoms with E-state index in [1.807, 2.05) is 0 Å². The maximum Gasteiger partial charge on any atom is 0.314 e. The lowest BCUT2D eigenvalue weighted by Gasteiger charge is -2.26. The number of nitriles is 1. The molecule has 28 heavy (non-hydrogen) atoms. The Morgan fingerprint density at radius 3 is 2.89 bits per heavy atom. The van der Waals surface area contributed by atoms with E-state index in [1.54, 1.807) is 18.2 Å². The highest BCUT2D eigenvalue weighted by molar-refractivity contribution is 5.76. The van der Waals surface area contributed by atoms with Crippen molar-refractivity contribution in [3.05, 3.63) is 24.2 Å². The molecule has 0 spiro atoms. The first-order valence-electron chi connectivity index (χ1n) is 8.43. The molecule has 1 aliphatic heterocycles. The summed E-state index contributed by atoms with van der Waals surface area (Å²) in [6.07, 6.45) is -3.14. The zero-order valence-corrected chi connectivity index (χ0v) is 15.2. The summed E-state index contributed by atoms with van der Waals surface area (Å²) in [6, 6.07) is 4.93. The minimum absolute atomic E-state index is 0.197. The Morgan fingerprint density at radius 2 is 2.25 bits per heavy atom. The van der Waals surface area contributed by atoms with Gasteiger partial charge in [-0.15, -0.1) is 0 Å². The third-order valence-electron chi connectivity index (χ3n) is 4.74. The van der Waals surface area contributed by atoms with Crippen LogP contribution in [0.25, 0.3) is 5.52 Å². The summed E-state index contributed by atoms with van der Waals surface area (Å²) in [5.41, 5.74) is 3.11. The highest BCUT2D eigenvalue weighted by Crippen LogP contribution is 2.41. The van der Waals surface area contributed by atoms with Crippen LogP contribution in [0.15, 0.2) is 18.5 Å². The second-order valence-electron chi connectivity index (χ2n) is 7.27. The molecular weight excluding hydrogens is 373 g/mol. The first-order valence-corrected chi connectivity index (χ1v) is 8.43. The Hall–Kier alpha value is -2.81. The largest absolute Gasteiger partial charge is 0.461 e. The first kappa shape index (κ1) is 19.9. The zero-order valence-electron chi connectivity index (χ0n) is 15.2. The van der Waals surface area contributed by atoms with Gasteiger partial charge in [0.1, 0.15) is 49.5 Å². The molecule has 150 valence electrons. The monoisotopic (exact) mass is 393 g/mol. The molecule has 3 heterocycles. The number of aliphatic hydroxyl groups excluding tert-OH is 2. The second-order valence-corrected chi connectivity index (χ2v) is 7.27. The molecular formula is C17H20FN5O5. The van der Waals surface area contributed by atoms with Gasteiger partial charge in [0.2, 0.25) is 5.60 Å². The SMILES string of the molecule is CC(C)(CF)C(=O)OC[C@@]1(C#N)O[C@@H](c2ccc3c(N)ncnn23)[C@H](O)[C@@H]1O. The summed E-state index contributed by atoms with van der Waals surface area (Å²) < 4.78 is 25.0. The second kappa shape index (κ2) is 6.97. The van der Waals surface area contributed by atoms with Gasteiger partial charge in [0.15, 0.2) is 5.82 Å². The van der Waals surface area contributed by atoms with Gasteiger partial charge in [-0.3, -0.25) is 4.79 Å². The number of rotatable bonds is 5. The molecule has 4 N–H and O–H groups in total. The van der Waals surface area contributed by atoms with Crippen molar-refractivity contribution in [2.24, 2.45) is 5.41 Å². The molecule has 0 unspecified atom stereocenters. The topological polar surface area (TPSA) is 156 Å². The Labute approximate surface area is 159 Å². The molecule has 11 heteroatoms. The van der Waals surface area contributed by atoms with Gasteiger partial charge in [-0.2, -0.15) is 10.4 Å². The number of nitrogen functional groups attached to an aromatic ring is 1. The molecule has 0 amide bonds. The van der Waals surface area contributed by atoms with Crippen molar-refractivity contribution in [1.82, 2.24) is 14.6 Å². The van der Waals surface area contributed by atoms with Gasteiger partial charge in [-0.1, -0.05) is 0 Å². The summed E-state index contributed by atoms with van der Waals surface area (Å²) in [4.78, 5) is 15.9. The number of anilines is 1. The van der Waals surface area contributed by atoms with Gasteiger partial charge >= 0.3 is 5.97 Å². The number of fused-ring (bicyclic) bond motifs is 1. The highest BCUT2D eigenvalue weighted by atomic mass is 19.1. The fourth-order valence-corrected chi connectivity index (χ4v) is 2.90.